The Hall–Kier alpha value is -1.35. The Kier molecular flexibility index (Phi) is 2.25. The van der Waals surface area contributed by atoms with Gasteiger partial charge in [0.15, 0.2) is 0 Å². The van der Waals surface area contributed by atoms with Gasteiger partial charge in [0.05, 0.1) is 6.04 Å². The van der Waals surface area contributed by atoms with Gasteiger partial charge in [0.2, 0.25) is 0 Å². The fraction of sp³-hybridized carbons (Fsp3) is 0.273. The van der Waals surface area contributed by atoms with E-state index in [1.807, 2.05) is 31.2 Å². The second-order valence-corrected chi connectivity index (χ2v) is 3.35. The molecule has 1 atom stereocenters. The van der Waals surface area contributed by atoms with Crippen molar-refractivity contribution >= 4 is 11.0 Å². The first-order chi connectivity index (χ1) is 6.74. The van der Waals surface area contributed by atoms with Gasteiger partial charge in [-0.15, -0.1) is 0 Å². The predicted octanol–water partition coefficient (Wildman–Crippen LogP) is 2.71. The van der Waals surface area contributed by atoms with Gasteiger partial charge in [-0.3, -0.25) is 0 Å². The molecule has 0 unspecified atom stereocenters. The lowest BCUT2D eigenvalue weighted by atomic mass is 10.1. The molecule has 0 fully saturated rings. The molecular formula is C11H12FNO. The molecule has 0 saturated carbocycles. The molecule has 0 amide bonds. The van der Waals surface area contributed by atoms with E-state index in [0.717, 1.165) is 16.5 Å². The summed E-state index contributed by atoms with van der Waals surface area (Å²) in [5, 5.41) is 1.01. The van der Waals surface area contributed by atoms with Crippen LogP contribution in [0.4, 0.5) is 4.39 Å². The molecule has 1 aromatic carbocycles. The van der Waals surface area contributed by atoms with Crippen LogP contribution in [0, 0.1) is 6.92 Å². The molecule has 0 bridgehead atoms. The third-order valence-corrected chi connectivity index (χ3v) is 2.38. The summed E-state index contributed by atoms with van der Waals surface area (Å²) >= 11 is 0. The average molecular weight is 193 g/mol. The van der Waals surface area contributed by atoms with Gasteiger partial charge in [-0.05, 0) is 13.0 Å². The quantitative estimate of drug-likeness (QED) is 0.796. The summed E-state index contributed by atoms with van der Waals surface area (Å²) in [6.45, 7) is 1.30. The molecule has 1 heterocycles. The van der Waals surface area contributed by atoms with Gasteiger partial charge >= 0.3 is 0 Å². The van der Waals surface area contributed by atoms with E-state index in [1.165, 1.54) is 0 Å². The zero-order valence-electron chi connectivity index (χ0n) is 7.96. The average Bonchev–Trinajstić information content (AvgIpc) is 2.56. The number of halogens is 1. The van der Waals surface area contributed by atoms with E-state index < -0.39 is 12.7 Å². The number of rotatable bonds is 2. The third kappa shape index (κ3) is 1.30. The van der Waals surface area contributed by atoms with Crippen LogP contribution in [-0.4, -0.2) is 6.67 Å². The first-order valence-electron chi connectivity index (χ1n) is 4.53. The highest BCUT2D eigenvalue weighted by Gasteiger charge is 2.15. The number of aryl methyl sites for hydroxylation is 1. The SMILES string of the molecule is Cc1c([C@H](N)CF)oc2ccccc12. The van der Waals surface area contributed by atoms with Crippen LogP contribution in [0.2, 0.25) is 0 Å². The summed E-state index contributed by atoms with van der Waals surface area (Å²) in [7, 11) is 0. The summed E-state index contributed by atoms with van der Waals surface area (Å²) in [4.78, 5) is 0. The molecule has 2 rings (SSSR count). The van der Waals surface area contributed by atoms with Crippen molar-refractivity contribution in [1.82, 2.24) is 0 Å². The summed E-state index contributed by atoms with van der Waals surface area (Å²) in [6, 6.07) is 6.97. The number of nitrogens with two attached hydrogens (primary N) is 1. The largest absolute Gasteiger partial charge is 0.459 e. The lowest BCUT2D eigenvalue weighted by Gasteiger charge is -2.03. The maximum atomic E-state index is 12.4. The van der Waals surface area contributed by atoms with Crippen LogP contribution >= 0.6 is 0 Å². The minimum Gasteiger partial charge on any atom is -0.459 e. The van der Waals surface area contributed by atoms with Crippen LogP contribution in [0.25, 0.3) is 11.0 Å². The Morgan fingerprint density at radius 3 is 2.79 bits per heavy atom. The zero-order chi connectivity index (χ0) is 10.1. The Bertz CT molecular complexity index is 449. The number of alkyl halides is 1. The van der Waals surface area contributed by atoms with Crippen LogP contribution in [0.3, 0.4) is 0 Å². The smallest absolute Gasteiger partial charge is 0.134 e. The van der Waals surface area contributed by atoms with Gasteiger partial charge in [-0.2, -0.15) is 0 Å². The Morgan fingerprint density at radius 2 is 2.14 bits per heavy atom. The second kappa shape index (κ2) is 3.42. The van der Waals surface area contributed by atoms with Crippen molar-refractivity contribution in [3.05, 3.63) is 35.6 Å². The van der Waals surface area contributed by atoms with Gasteiger partial charge in [-0.25, -0.2) is 4.39 Å². The molecule has 74 valence electrons. The minimum absolute atomic E-state index is 0.550. The highest BCUT2D eigenvalue weighted by Crippen LogP contribution is 2.28. The lowest BCUT2D eigenvalue weighted by molar-refractivity contribution is 0.388. The van der Waals surface area contributed by atoms with Crippen LogP contribution < -0.4 is 5.73 Å². The molecule has 0 saturated heterocycles. The number of furan rings is 1. The molecule has 0 spiro atoms. The molecule has 0 aliphatic carbocycles. The van der Waals surface area contributed by atoms with Crippen molar-refractivity contribution in [3.63, 3.8) is 0 Å². The highest BCUT2D eigenvalue weighted by atomic mass is 19.1. The van der Waals surface area contributed by atoms with E-state index in [-0.39, 0.29) is 0 Å². The molecule has 14 heavy (non-hydrogen) atoms. The molecule has 2 N–H and O–H groups in total. The zero-order valence-corrected chi connectivity index (χ0v) is 7.96. The molecule has 0 aliphatic rings. The topological polar surface area (TPSA) is 39.2 Å². The maximum absolute atomic E-state index is 12.4. The molecule has 2 aromatic rings. The maximum Gasteiger partial charge on any atom is 0.134 e. The molecule has 3 heteroatoms. The first kappa shape index (κ1) is 9.21. The molecule has 0 radical (unpaired) electrons. The van der Waals surface area contributed by atoms with Crippen LogP contribution in [-0.2, 0) is 0 Å². The van der Waals surface area contributed by atoms with Crippen molar-refractivity contribution in [2.45, 2.75) is 13.0 Å². The van der Waals surface area contributed by atoms with E-state index >= 15 is 0 Å². The lowest BCUT2D eigenvalue weighted by Crippen LogP contribution is -2.12. The Labute approximate surface area is 81.5 Å². The van der Waals surface area contributed by atoms with Crippen molar-refractivity contribution in [2.75, 3.05) is 6.67 Å². The van der Waals surface area contributed by atoms with Crippen LogP contribution in [0.15, 0.2) is 28.7 Å². The van der Waals surface area contributed by atoms with Gasteiger partial charge in [-0.1, -0.05) is 18.2 Å². The summed E-state index contributed by atoms with van der Waals surface area (Å²) < 4.78 is 17.9. The fourth-order valence-corrected chi connectivity index (χ4v) is 1.62. The summed E-state index contributed by atoms with van der Waals surface area (Å²) in [5.41, 5.74) is 7.29. The van der Waals surface area contributed by atoms with Crippen LogP contribution in [0.5, 0.6) is 0 Å². The first-order valence-corrected chi connectivity index (χ1v) is 4.53. The molecule has 0 aliphatic heterocycles. The number of hydrogen-bond donors (Lipinski definition) is 1. The standard InChI is InChI=1S/C11H12FNO/c1-7-8-4-2-3-5-10(8)14-11(7)9(13)6-12/h2-5,9H,6,13H2,1H3/t9-/m1/s1. The Morgan fingerprint density at radius 1 is 1.43 bits per heavy atom. The van der Waals surface area contributed by atoms with Crippen molar-refractivity contribution < 1.29 is 8.81 Å². The number of hydrogen-bond acceptors (Lipinski definition) is 2. The van der Waals surface area contributed by atoms with E-state index in [2.05, 4.69) is 0 Å². The van der Waals surface area contributed by atoms with Gasteiger partial charge in [0.1, 0.15) is 18.0 Å². The van der Waals surface area contributed by atoms with E-state index in [4.69, 9.17) is 10.2 Å². The van der Waals surface area contributed by atoms with E-state index in [9.17, 15) is 4.39 Å². The number of para-hydroxylation sites is 1. The minimum atomic E-state index is -0.651. The van der Waals surface area contributed by atoms with Crippen molar-refractivity contribution in [1.29, 1.82) is 0 Å². The van der Waals surface area contributed by atoms with Gasteiger partial charge < -0.3 is 10.2 Å². The molecule has 2 nitrogen and oxygen atoms in total. The fourth-order valence-electron chi connectivity index (χ4n) is 1.62. The molecular weight excluding hydrogens is 181 g/mol. The van der Waals surface area contributed by atoms with Gasteiger partial charge in [0.25, 0.3) is 0 Å². The van der Waals surface area contributed by atoms with Crippen molar-refractivity contribution in [2.24, 2.45) is 5.73 Å². The predicted molar refractivity (Wildman–Crippen MR) is 53.9 cm³/mol. The summed E-state index contributed by atoms with van der Waals surface area (Å²) in [6.07, 6.45) is 0. The molecule has 1 aromatic heterocycles. The number of benzene rings is 1. The van der Waals surface area contributed by atoms with Crippen LogP contribution in [0.1, 0.15) is 17.4 Å². The van der Waals surface area contributed by atoms with E-state index in [1.54, 1.807) is 0 Å². The highest BCUT2D eigenvalue weighted by molar-refractivity contribution is 5.82. The third-order valence-electron chi connectivity index (χ3n) is 2.38. The number of fused-ring (bicyclic) bond motifs is 1. The second-order valence-electron chi connectivity index (χ2n) is 3.35. The normalized spacial score (nSPS) is 13.4. The van der Waals surface area contributed by atoms with Gasteiger partial charge in [0, 0.05) is 10.9 Å². The van der Waals surface area contributed by atoms with Crippen molar-refractivity contribution in [3.8, 4) is 0 Å². The van der Waals surface area contributed by atoms with E-state index in [0.29, 0.717) is 5.76 Å². The summed E-state index contributed by atoms with van der Waals surface area (Å²) in [5.74, 6) is 0.550. The Balaban J connectivity index is 2.62. The monoisotopic (exact) mass is 193 g/mol.